The maximum Gasteiger partial charge on any atom is 0.169 e. The van der Waals surface area contributed by atoms with Crippen molar-refractivity contribution in [1.82, 2.24) is 24.5 Å². The molecule has 0 fully saturated rings. The lowest BCUT2D eigenvalue weighted by atomic mass is 10.2. The van der Waals surface area contributed by atoms with Gasteiger partial charge in [-0.15, -0.1) is 10.2 Å². The molecule has 0 aliphatic carbocycles. The summed E-state index contributed by atoms with van der Waals surface area (Å²) in [5.74, 6) is 2.26. The Bertz CT molecular complexity index is 507. The molecule has 0 unspecified atom stereocenters. The molecule has 0 amide bonds. The molecule has 2 rings (SSSR count). The lowest BCUT2D eigenvalue weighted by Gasteiger charge is -2.11. The van der Waals surface area contributed by atoms with Crippen LogP contribution in [-0.2, 0) is 7.05 Å². The highest BCUT2D eigenvalue weighted by Crippen LogP contribution is 2.26. The normalized spacial score (nSPS) is 11.3. The minimum absolute atomic E-state index is 0.296. The van der Waals surface area contributed by atoms with Crippen LogP contribution >= 0.6 is 0 Å². The second-order valence-electron chi connectivity index (χ2n) is 4.10. The molecule has 6 nitrogen and oxygen atoms in total. The topological polar surface area (TPSA) is 74.6 Å². The summed E-state index contributed by atoms with van der Waals surface area (Å²) in [6, 6.07) is 0.296. The van der Waals surface area contributed by atoms with Crippen LogP contribution in [0.4, 0.5) is 5.82 Å². The quantitative estimate of drug-likeness (QED) is 0.823. The van der Waals surface area contributed by atoms with Gasteiger partial charge in [0.25, 0.3) is 0 Å². The van der Waals surface area contributed by atoms with E-state index < -0.39 is 0 Å². The van der Waals surface area contributed by atoms with Crippen molar-refractivity contribution in [3.63, 3.8) is 0 Å². The van der Waals surface area contributed by atoms with Crippen molar-refractivity contribution in [1.29, 1.82) is 0 Å². The Labute approximate surface area is 94.1 Å². The number of hydrogen-bond donors (Lipinski definition) is 1. The average Bonchev–Trinajstić information content (AvgIpc) is 2.72. The maximum absolute atomic E-state index is 5.93. The summed E-state index contributed by atoms with van der Waals surface area (Å²) in [6.07, 6.45) is 1.72. The molecule has 2 aromatic rings. The van der Waals surface area contributed by atoms with Gasteiger partial charge in [0, 0.05) is 13.1 Å². The number of nitrogens with zero attached hydrogens (tertiary/aromatic N) is 5. The minimum Gasteiger partial charge on any atom is -0.383 e. The molecule has 0 saturated heterocycles. The van der Waals surface area contributed by atoms with Gasteiger partial charge in [0.15, 0.2) is 5.82 Å². The van der Waals surface area contributed by atoms with Gasteiger partial charge in [0.05, 0.1) is 11.8 Å². The molecule has 0 spiro atoms. The summed E-state index contributed by atoms with van der Waals surface area (Å²) < 4.78 is 3.68. The molecule has 0 saturated carbocycles. The highest BCUT2D eigenvalue weighted by Gasteiger charge is 2.17. The summed E-state index contributed by atoms with van der Waals surface area (Å²) in [5, 5.41) is 12.4. The van der Waals surface area contributed by atoms with Gasteiger partial charge in [-0.25, -0.2) is 0 Å². The molecule has 2 N–H and O–H groups in total. The average molecular weight is 220 g/mol. The number of nitrogen functional groups attached to an aromatic ring is 1. The lowest BCUT2D eigenvalue weighted by molar-refractivity contribution is 0.588. The predicted octanol–water partition coefficient (Wildman–Crippen LogP) is 1.15. The van der Waals surface area contributed by atoms with Crippen LogP contribution in [0, 0.1) is 6.92 Å². The van der Waals surface area contributed by atoms with Crippen molar-refractivity contribution in [3.8, 4) is 11.4 Å². The van der Waals surface area contributed by atoms with Crippen LogP contribution < -0.4 is 5.73 Å². The van der Waals surface area contributed by atoms with Crippen molar-refractivity contribution in [2.24, 2.45) is 7.05 Å². The van der Waals surface area contributed by atoms with Crippen LogP contribution in [0.1, 0.15) is 25.7 Å². The molecular formula is C10H16N6. The van der Waals surface area contributed by atoms with Crippen LogP contribution in [0.25, 0.3) is 11.4 Å². The minimum atomic E-state index is 0.296. The Morgan fingerprint density at radius 1 is 1.31 bits per heavy atom. The van der Waals surface area contributed by atoms with E-state index >= 15 is 0 Å². The smallest absolute Gasteiger partial charge is 0.169 e. The summed E-state index contributed by atoms with van der Waals surface area (Å²) >= 11 is 0. The Kier molecular flexibility index (Phi) is 2.41. The first-order chi connectivity index (χ1) is 7.52. The van der Waals surface area contributed by atoms with Crippen LogP contribution in [0.5, 0.6) is 0 Å². The van der Waals surface area contributed by atoms with Gasteiger partial charge >= 0.3 is 0 Å². The van der Waals surface area contributed by atoms with Crippen molar-refractivity contribution in [2.75, 3.05) is 5.73 Å². The van der Waals surface area contributed by atoms with Crippen LogP contribution in [0.3, 0.4) is 0 Å². The number of hydrogen-bond acceptors (Lipinski definition) is 4. The van der Waals surface area contributed by atoms with Crippen molar-refractivity contribution in [2.45, 2.75) is 26.8 Å². The Balaban J connectivity index is 2.61. The van der Waals surface area contributed by atoms with Crippen LogP contribution in [-0.4, -0.2) is 24.5 Å². The Morgan fingerprint density at radius 3 is 2.50 bits per heavy atom. The molecule has 0 aliphatic rings. The zero-order valence-corrected chi connectivity index (χ0v) is 9.97. The van der Waals surface area contributed by atoms with E-state index in [1.807, 2.05) is 18.5 Å². The third-order valence-corrected chi connectivity index (χ3v) is 2.61. The second-order valence-corrected chi connectivity index (χ2v) is 4.10. The number of anilines is 1. The molecule has 2 aromatic heterocycles. The maximum atomic E-state index is 5.93. The number of aryl methyl sites for hydroxylation is 2. The van der Waals surface area contributed by atoms with Gasteiger partial charge in [-0.1, -0.05) is 0 Å². The van der Waals surface area contributed by atoms with E-state index in [9.17, 15) is 0 Å². The van der Waals surface area contributed by atoms with Crippen molar-refractivity contribution >= 4 is 5.82 Å². The second kappa shape index (κ2) is 3.62. The molecule has 0 radical (unpaired) electrons. The highest BCUT2D eigenvalue weighted by molar-refractivity contribution is 5.68. The summed E-state index contributed by atoms with van der Waals surface area (Å²) in [4.78, 5) is 0. The third-order valence-electron chi connectivity index (χ3n) is 2.61. The fraction of sp³-hybridized carbons (Fsp3) is 0.500. The fourth-order valence-electron chi connectivity index (χ4n) is 1.79. The van der Waals surface area contributed by atoms with Gasteiger partial charge in [-0.3, -0.25) is 4.68 Å². The van der Waals surface area contributed by atoms with E-state index in [0.717, 1.165) is 17.2 Å². The molecule has 0 bridgehead atoms. The first-order valence-corrected chi connectivity index (χ1v) is 5.21. The molecule has 0 atom stereocenters. The first kappa shape index (κ1) is 10.7. The monoisotopic (exact) mass is 220 g/mol. The molecule has 6 heteroatoms. The van der Waals surface area contributed by atoms with Gasteiger partial charge in [-0.05, 0) is 20.8 Å². The molecule has 0 aliphatic heterocycles. The Hall–Kier alpha value is -1.85. The fourth-order valence-corrected chi connectivity index (χ4v) is 1.79. The van der Waals surface area contributed by atoms with Crippen LogP contribution in [0.2, 0.25) is 0 Å². The van der Waals surface area contributed by atoms with E-state index in [4.69, 9.17) is 5.73 Å². The largest absolute Gasteiger partial charge is 0.383 e. The van der Waals surface area contributed by atoms with Crippen molar-refractivity contribution < 1.29 is 0 Å². The van der Waals surface area contributed by atoms with E-state index in [0.29, 0.717) is 11.9 Å². The third kappa shape index (κ3) is 1.46. The summed E-state index contributed by atoms with van der Waals surface area (Å²) in [7, 11) is 1.81. The highest BCUT2D eigenvalue weighted by atomic mass is 15.3. The SMILES string of the molecule is Cc1nnc(-c2cnn(C)c2N)n1C(C)C. The summed E-state index contributed by atoms with van der Waals surface area (Å²) in [6.45, 7) is 6.11. The van der Waals surface area contributed by atoms with E-state index in [1.165, 1.54) is 0 Å². The number of nitrogens with two attached hydrogens (primary N) is 1. The van der Waals surface area contributed by atoms with Gasteiger partial charge < -0.3 is 10.3 Å². The standard InChI is InChI=1S/C10H16N6/c1-6(2)16-7(3)13-14-10(16)8-5-12-15(4)9(8)11/h5-6H,11H2,1-4H3. The van der Waals surface area contributed by atoms with E-state index in [1.54, 1.807) is 10.9 Å². The Morgan fingerprint density at radius 2 is 2.00 bits per heavy atom. The predicted molar refractivity (Wildman–Crippen MR) is 61.8 cm³/mol. The van der Waals surface area contributed by atoms with Gasteiger partial charge in [0.2, 0.25) is 0 Å². The van der Waals surface area contributed by atoms with Gasteiger partial charge in [-0.2, -0.15) is 5.10 Å². The molecule has 2 heterocycles. The lowest BCUT2D eigenvalue weighted by Crippen LogP contribution is -2.06. The zero-order chi connectivity index (χ0) is 11.9. The first-order valence-electron chi connectivity index (χ1n) is 5.21. The van der Waals surface area contributed by atoms with Gasteiger partial charge in [0.1, 0.15) is 11.6 Å². The summed E-state index contributed by atoms with van der Waals surface area (Å²) in [5.41, 5.74) is 6.76. The molecule has 0 aromatic carbocycles. The zero-order valence-electron chi connectivity index (χ0n) is 9.97. The molecule has 16 heavy (non-hydrogen) atoms. The van der Waals surface area contributed by atoms with E-state index in [2.05, 4.69) is 29.1 Å². The molecular weight excluding hydrogens is 204 g/mol. The van der Waals surface area contributed by atoms with Crippen molar-refractivity contribution in [3.05, 3.63) is 12.0 Å². The molecule has 86 valence electrons. The number of aromatic nitrogens is 5. The number of rotatable bonds is 2. The van der Waals surface area contributed by atoms with Crippen LogP contribution in [0.15, 0.2) is 6.20 Å². The van der Waals surface area contributed by atoms with E-state index in [-0.39, 0.29) is 0 Å².